The number of piperidine rings is 1. The third-order valence-corrected chi connectivity index (χ3v) is 6.77. The monoisotopic (exact) mass is 414 g/mol. The van der Waals surface area contributed by atoms with Crippen LogP contribution in [0, 0.1) is 5.92 Å². The van der Waals surface area contributed by atoms with Crippen LogP contribution in [-0.4, -0.2) is 44.9 Å². The lowest BCUT2D eigenvalue weighted by molar-refractivity contribution is 0.0557. The molecule has 5 heteroatoms. The van der Waals surface area contributed by atoms with E-state index in [0.29, 0.717) is 12.0 Å². The van der Waals surface area contributed by atoms with E-state index in [-0.39, 0.29) is 5.91 Å². The summed E-state index contributed by atoms with van der Waals surface area (Å²) in [5, 5.41) is 0. The van der Waals surface area contributed by atoms with Gasteiger partial charge in [0.15, 0.2) is 0 Å². The van der Waals surface area contributed by atoms with E-state index in [4.69, 9.17) is 4.98 Å². The number of hydrogen-bond acceptors (Lipinski definition) is 3. The highest BCUT2D eigenvalue weighted by Crippen LogP contribution is 2.37. The number of hydrogen-bond donors (Lipinski definition) is 0. The predicted molar refractivity (Wildman–Crippen MR) is 122 cm³/mol. The summed E-state index contributed by atoms with van der Waals surface area (Å²) in [7, 11) is 0. The number of amides is 1. The van der Waals surface area contributed by atoms with Crippen LogP contribution in [0.3, 0.4) is 0 Å². The van der Waals surface area contributed by atoms with Crippen molar-refractivity contribution in [1.82, 2.24) is 19.4 Å². The Labute approximate surface area is 184 Å². The minimum atomic E-state index is 0.155. The number of nitrogens with zero attached hydrogens (tertiary/aromatic N) is 4. The summed E-state index contributed by atoms with van der Waals surface area (Å²) in [6, 6.07) is 20.7. The molecule has 31 heavy (non-hydrogen) atoms. The van der Waals surface area contributed by atoms with Crippen LogP contribution in [0.15, 0.2) is 73.1 Å². The zero-order valence-corrected chi connectivity index (χ0v) is 17.9. The highest BCUT2D eigenvalue weighted by Gasteiger charge is 2.36. The van der Waals surface area contributed by atoms with Gasteiger partial charge in [-0.3, -0.25) is 9.69 Å². The zero-order valence-electron chi connectivity index (χ0n) is 17.9. The van der Waals surface area contributed by atoms with E-state index in [1.807, 2.05) is 41.4 Å². The van der Waals surface area contributed by atoms with Crippen LogP contribution < -0.4 is 0 Å². The van der Waals surface area contributed by atoms with Crippen molar-refractivity contribution in [3.63, 3.8) is 0 Å². The summed E-state index contributed by atoms with van der Waals surface area (Å²) in [6.07, 6.45) is 7.24. The van der Waals surface area contributed by atoms with E-state index in [9.17, 15) is 4.79 Å². The van der Waals surface area contributed by atoms with Gasteiger partial charge in [0.1, 0.15) is 5.82 Å². The van der Waals surface area contributed by atoms with Crippen LogP contribution in [0.4, 0.5) is 0 Å². The number of aromatic nitrogens is 2. The molecule has 0 radical (unpaired) electrons. The number of carbonyl (C=O) groups is 1. The van der Waals surface area contributed by atoms with Crippen LogP contribution in [0.25, 0.3) is 0 Å². The number of aryl methyl sites for hydroxylation is 1. The Morgan fingerprint density at radius 3 is 2.35 bits per heavy atom. The number of benzene rings is 2. The third kappa shape index (κ3) is 4.28. The minimum Gasteiger partial charge on any atom is -0.339 e. The van der Waals surface area contributed by atoms with Crippen LogP contribution in [0.2, 0.25) is 0 Å². The molecule has 1 atom stereocenters. The van der Waals surface area contributed by atoms with Gasteiger partial charge in [-0.25, -0.2) is 4.98 Å². The summed E-state index contributed by atoms with van der Waals surface area (Å²) in [5.74, 6) is 1.85. The molecule has 5 nitrogen and oxygen atoms in total. The van der Waals surface area contributed by atoms with Crippen LogP contribution >= 0.6 is 0 Å². The molecule has 1 fully saturated rings. The third-order valence-electron chi connectivity index (χ3n) is 6.77. The highest BCUT2D eigenvalue weighted by atomic mass is 16.2. The van der Waals surface area contributed by atoms with Crippen molar-refractivity contribution in [1.29, 1.82) is 0 Å². The fourth-order valence-electron chi connectivity index (χ4n) is 5.21. The second-order valence-electron chi connectivity index (χ2n) is 8.73. The van der Waals surface area contributed by atoms with Gasteiger partial charge in [-0.05, 0) is 42.9 Å². The first-order valence-electron chi connectivity index (χ1n) is 11.4. The molecule has 1 unspecified atom stereocenters. The first kappa shape index (κ1) is 20.0. The molecular formula is C26H30N4O. The number of rotatable bonds is 4. The number of likely N-dealkylation sites (tertiary alicyclic amines) is 1. The first-order valence-corrected chi connectivity index (χ1v) is 11.4. The Morgan fingerprint density at radius 1 is 0.903 bits per heavy atom. The van der Waals surface area contributed by atoms with Gasteiger partial charge in [-0.15, -0.1) is 0 Å². The molecule has 2 aromatic carbocycles. The first-order chi connectivity index (χ1) is 15.3. The van der Waals surface area contributed by atoms with Crippen molar-refractivity contribution in [2.24, 2.45) is 5.92 Å². The molecule has 0 N–H and O–H groups in total. The molecule has 0 aliphatic carbocycles. The topological polar surface area (TPSA) is 41.4 Å². The molecule has 1 amide bonds. The Hall–Kier alpha value is -2.92. The van der Waals surface area contributed by atoms with E-state index in [1.165, 1.54) is 11.4 Å². The number of fused-ring (bicyclic) bond motifs is 1. The highest BCUT2D eigenvalue weighted by molar-refractivity contribution is 5.94. The molecule has 0 bridgehead atoms. The largest absolute Gasteiger partial charge is 0.339 e. The molecule has 0 spiro atoms. The van der Waals surface area contributed by atoms with Gasteiger partial charge in [-0.2, -0.15) is 0 Å². The van der Waals surface area contributed by atoms with Crippen LogP contribution in [0.1, 0.15) is 47.1 Å². The average molecular weight is 415 g/mol. The van der Waals surface area contributed by atoms with Crippen molar-refractivity contribution in [3.05, 3.63) is 90.0 Å². The SMILES string of the molecule is O=C(c1ccccc1)N1CCC(C2c3nccn3CCCN2Cc2ccccc2)CC1. The zero-order chi connectivity index (χ0) is 21.0. The van der Waals surface area contributed by atoms with Crippen molar-refractivity contribution in [3.8, 4) is 0 Å². The van der Waals surface area contributed by atoms with E-state index in [0.717, 1.165) is 57.5 Å². The van der Waals surface area contributed by atoms with Crippen molar-refractivity contribution in [2.45, 2.75) is 38.4 Å². The Kier molecular flexibility index (Phi) is 5.85. The van der Waals surface area contributed by atoms with Crippen LogP contribution in [0.5, 0.6) is 0 Å². The number of carbonyl (C=O) groups excluding carboxylic acids is 1. The summed E-state index contributed by atoms with van der Waals surface area (Å²) in [6.45, 7) is 4.68. The van der Waals surface area contributed by atoms with Crippen molar-refractivity contribution >= 4 is 5.91 Å². The smallest absolute Gasteiger partial charge is 0.253 e. The second kappa shape index (κ2) is 9.06. The van der Waals surface area contributed by atoms with E-state index < -0.39 is 0 Å². The lowest BCUT2D eigenvalue weighted by atomic mass is 9.87. The van der Waals surface area contributed by atoms with Gasteiger partial charge < -0.3 is 9.47 Å². The quantitative estimate of drug-likeness (QED) is 0.636. The lowest BCUT2D eigenvalue weighted by Crippen LogP contribution is -2.43. The standard InChI is InChI=1S/C26H30N4O/c31-26(23-10-5-2-6-11-23)29-17-12-22(13-18-29)24-25-27-14-19-28(25)15-7-16-30(24)20-21-8-3-1-4-9-21/h1-6,8-11,14,19,22,24H,7,12-13,15-18,20H2. The maximum absolute atomic E-state index is 12.9. The normalized spacial score (nSPS) is 20.3. The molecule has 1 saturated heterocycles. The minimum absolute atomic E-state index is 0.155. The van der Waals surface area contributed by atoms with Gasteiger partial charge in [0.05, 0.1) is 6.04 Å². The van der Waals surface area contributed by atoms with Gasteiger partial charge in [0.25, 0.3) is 5.91 Å². The molecule has 3 heterocycles. The molecular weight excluding hydrogens is 384 g/mol. The van der Waals surface area contributed by atoms with E-state index in [1.54, 1.807) is 0 Å². The Morgan fingerprint density at radius 2 is 1.61 bits per heavy atom. The van der Waals surface area contributed by atoms with Gasteiger partial charge in [-0.1, -0.05) is 48.5 Å². The molecule has 160 valence electrons. The molecule has 0 saturated carbocycles. The molecule has 2 aliphatic rings. The van der Waals surface area contributed by atoms with Crippen LogP contribution in [-0.2, 0) is 13.1 Å². The average Bonchev–Trinajstić information content (AvgIpc) is 3.21. The van der Waals surface area contributed by atoms with E-state index >= 15 is 0 Å². The molecule has 1 aromatic heterocycles. The maximum Gasteiger partial charge on any atom is 0.253 e. The number of imidazole rings is 1. The van der Waals surface area contributed by atoms with Gasteiger partial charge in [0, 0.05) is 50.7 Å². The molecule has 2 aliphatic heterocycles. The summed E-state index contributed by atoms with van der Waals surface area (Å²) < 4.78 is 2.34. The Bertz CT molecular complexity index is 993. The fourth-order valence-corrected chi connectivity index (χ4v) is 5.21. The van der Waals surface area contributed by atoms with Crippen molar-refractivity contribution < 1.29 is 4.79 Å². The summed E-state index contributed by atoms with van der Waals surface area (Å²) >= 11 is 0. The van der Waals surface area contributed by atoms with E-state index in [2.05, 4.69) is 46.0 Å². The van der Waals surface area contributed by atoms with Gasteiger partial charge in [0.2, 0.25) is 0 Å². The Balaban J connectivity index is 1.34. The summed E-state index contributed by atoms with van der Waals surface area (Å²) in [4.78, 5) is 22.4. The summed E-state index contributed by atoms with van der Waals surface area (Å²) in [5.41, 5.74) is 2.14. The second-order valence-corrected chi connectivity index (χ2v) is 8.73. The lowest BCUT2D eigenvalue weighted by Gasteiger charge is -2.40. The fraction of sp³-hybridized carbons (Fsp3) is 0.385. The van der Waals surface area contributed by atoms with Crippen molar-refractivity contribution in [2.75, 3.05) is 19.6 Å². The molecule has 3 aromatic rings. The van der Waals surface area contributed by atoms with Gasteiger partial charge >= 0.3 is 0 Å². The molecule has 5 rings (SSSR count). The maximum atomic E-state index is 12.9. The predicted octanol–water partition coefficient (Wildman–Crippen LogP) is 4.38.